The van der Waals surface area contributed by atoms with Gasteiger partial charge in [-0.15, -0.1) is 0 Å². The fourth-order valence-electron chi connectivity index (χ4n) is 2.00. The van der Waals surface area contributed by atoms with E-state index in [4.69, 9.17) is 9.15 Å². The largest absolute Gasteiger partial charge is 0.459 e. The second-order valence-electron chi connectivity index (χ2n) is 5.52. The Morgan fingerprint density at radius 1 is 1.33 bits per heavy atom. The van der Waals surface area contributed by atoms with Crippen molar-refractivity contribution < 1.29 is 23.1 Å². The lowest BCUT2D eigenvalue weighted by Gasteiger charge is -2.20. The summed E-state index contributed by atoms with van der Waals surface area (Å²) in [5.41, 5.74) is 0.256. The molecule has 1 heterocycles. The lowest BCUT2D eigenvalue weighted by molar-refractivity contribution is -0.148. The van der Waals surface area contributed by atoms with E-state index in [1.807, 2.05) is 0 Å². The van der Waals surface area contributed by atoms with Crippen LogP contribution in [0.2, 0.25) is 0 Å². The van der Waals surface area contributed by atoms with Gasteiger partial charge in [-0.3, -0.25) is 4.79 Å². The van der Waals surface area contributed by atoms with Crippen LogP contribution in [-0.2, 0) is 16.1 Å². The van der Waals surface area contributed by atoms with E-state index in [9.17, 15) is 14.0 Å². The fourth-order valence-corrected chi connectivity index (χ4v) is 2.33. The first-order valence-electron chi connectivity index (χ1n) is 7.33. The lowest BCUT2D eigenvalue weighted by atomic mass is 10.0. The lowest BCUT2D eigenvalue weighted by Crippen LogP contribution is -2.45. The molecule has 0 aliphatic heterocycles. The van der Waals surface area contributed by atoms with Crippen LogP contribution in [-0.4, -0.2) is 17.9 Å². The molecule has 2 rings (SSSR count). The number of furan rings is 1. The van der Waals surface area contributed by atoms with Gasteiger partial charge in [0, 0.05) is 10.0 Å². The van der Waals surface area contributed by atoms with Crippen molar-refractivity contribution in [2.75, 3.05) is 0 Å². The molecule has 0 bridgehead atoms. The predicted octanol–water partition coefficient (Wildman–Crippen LogP) is 3.68. The molecule has 0 saturated carbocycles. The molecule has 0 unspecified atom stereocenters. The van der Waals surface area contributed by atoms with Gasteiger partial charge >= 0.3 is 5.97 Å². The Morgan fingerprint density at radius 3 is 2.67 bits per heavy atom. The Bertz CT molecular complexity index is 715. The molecule has 0 saturated heterocycles. The van der Waals surface area contributed by atoms with Crippen LogP contribution in [0.5, 0.6) is 0 Å². The second kappa shape index (κ2) is 8.10. The molecule has 128 valence electrons. The van der Waals surface area contributed by atoms with Crippen LogP contribution in [0.1, 0.15) is 30.0 Å². The summed E-state index contributed by atoms with van der Waals surface area (Å²) in [4.78, 5) is 24.3. The standard InChI is InChI=1S/C17H17BrFNO4/c1-10(2)15(20-16(21)14-4-3-7-23-14)17(22)24-9-11-5-6-12(18)8-13(11)19/h3-8,10,15H,9H2,1-2H3,(H,20,21)/t15-/m0/s1. The first kappa shape index (κ1) is 18.2. The third kappa shape index (κ3) is 4.67. The van der Waals surface area contributed by atoms with Crippen LogP contribution < -0.4 is 5.32 Å². The molecule has 1 N–H and O–H groups in total. The summed E-state index contributed by atoms with van der Waals surface area (Å²) in [6, 6.07) is 6.69. The van der Waals surface area contributed by atoms with Crippen LogP contribution in [0.3, 0.4) is 0 Å². The SMILES string of the molecule is CC(C)[C@H](NC(=O)c1ccco1)C(=O)OCc1ccc(Br)cc1F. The number of benzene rings is 1. The van der Waals surface area contributed by atoms with Crippen molar-refractivity contribution in [3.63, 3.8) is 0 Å². The predicted molar refractivity (Wildman–Crippen MR) is 88.7 cm³/mol. The number of rotatable bonds is 6. The number of esters is 1. The van der Waals surface area contributed by atoms with Gasteiger partial charge < -0.3 is 14.5 Å². The molecule has 1 aromatic heterocycles. The van der Waals surface area contributed by atoms with E-state index in [1.54, 1.807) is 26.0 Å². The first-order chi connectivity index (χ1) is 11.4. The molecule has 1 aromatic carbocycles. The van der Waals surface area contributed by atoms with Crippen molar-refractivity contribution >= 4 is 27.8 Å². The van der Waals surface area contributed by atoms with Gasteiger partial charge in [-0.05, 0) is 30.2 Å². The van der Waals surface area contributed by atoms with Gasteiger partial charge in [0.15, 0.2) is 5.76 Å². The van der Waals surface area contributed by atoms with Crippen molar-refractivity contribution in [3.8, 4) is 0 Å². The average Bonchev–Trinajstić information content (AvgIpc) is 3.05. The molecule has 1 atom stereocenters. The third-order valence-electron chi connectivity index (χ3n) is 3.34. The third-order valence-corrected chi connectivity index (χ3v) is 3.83. The number of carbonyl (C=O) groups excluding carboxylic acids is 2. The van der Waals surface area contributed by atoms with Gasteiger partial charge in [0.25, 0.3) is 5.91 Å². The molecule has 0 radical (unpaired) electrons. The number of amides is 1. The van der Waals surface area contributed by atoms with Crippen LogP contribution in [0.15, 0.2) is 45.5 Å². The van der Waals surface area contributed by atoms with Crippen molar-refractivity contribution in [3.05, 3.63) is 58.2 Å². The van der Waals surface area contributed by atoms with Crippen LogP contribution in [0.25, 0.3) is 0 Å². The molecule has 7 heteroatoms. The van der Waals surface area contributed by atoms with Crippen LogP contribution >= 0.6 is 15.9 Å². The van der Waals surface area contributed by atoms with Gasteiger partial charge in [-0.2, -0.15) is 0 Å². The molecule has 0 aliphatic carbocycles. The molecule has 0 fully saturated rings. The topological polar surface area (TPSA) is 68.5 Å². The average molecular weight is 398 g/mol. The fraction of sp³-hybridized carbons (Fsp3) is 0.294. The van der Waals surface area contributed by atoms with Crippen molar-refractivity contribution in [1.29, 1.82) is 0 Å². The van der Waals surface area contributed by atoms with Crippen LogP contribution in [0, 0.1) is 11.7 Å². The number of carbonyl (C=O) groups is 2. The Morgan fingerprint density at radius 2 is 2.08 bits per heavy atom. The maximum Gasteiger partial charge on any atom is 0.329 e. The van der Waals surface area contributed by atoms with Gasteiger partial charge in [0.2, 0.25) is 0 Å². The molecule has 5 nitrogen and oxygen atoms in total. The molecule has 24 heavy (non-hydrogen) atoms. The quantitative estimate of drug-likeness (QED) is 0.754. The smallest absolute Gasteiger partial charge is 0.329 e. The van der Waals surface area contributed by atoms with E-state index in [1.165, 1.54) is 24.5 Å². The zero-order chi connectivity index (χ0) is 17.7. The number of nitrogens with one attached hydrogen (secondary N) is 1. The zero-order valence-corrected chi connectivity index (χ0v) is 14.8. The summed E-state index contributed by atoms with van der Waals surface area (Å²) in [7, 11) is 0. The minimum Gasteiger partial charge on any atom is -0.459 e. The summed E-state index contributed by atoms with van der Waals surface area (Å²) in [6.45, 7) is 3.33. The van der Waals surface area contributed by atoms with E-state index in [0.29, 0.717) is 4.47 Å². The van der Waals surface area contributed by atoms with E-state index >= 15 is 0 Å². The zero-order valence-electron chi connectivity index (χ0n) is 13.2. The van der Waals surface area contributed by atoms with Crippen molar-refractivity contribution in [2.45, 2.75) is 26.5 Å². The maximum atomic E-state index is 13.8. The van der Waals surface area contributed by atoms with Crippen LogP contribution in [0.4, 0.5) is 4.39 Å². The number of halogens is 2. The van der Waals surface area contributed by atoms with Crippen molar-refractivity contribution in [1.82, 2.24) is 5.32 Å². The molecular formula is C17H17BrFNO4. The summed E-state index contributed by atoms with van der Waals surface area (Å²) in [6.07, 6.45) is 1.37. The Kier molecular flexibility index (Phi) is 6.14. The Labute approximate surface area is 147 Å². The van der Waals surface area contributed by atoms with Crippen molar-refractivity contribution in [2.24, 2.45) is 5.92 Å². The highest BCUT2D eigenvalue weighted by Gasteiger charge is 2.27. The number of ether oxygens (including phenoxy) is 1. The number of hydrogen-bond donors (Lipinski definition) is 1. The minimum absolute atomic E-state index is 0.104. The highest BCUT2D eigenvalue weighted by atomic mass is 79.9. The summed E-state index contributed by atoms with van der Waals surface area (Å²) >= 11 is 3.16. The number of hydrogen-bond acceptors (Lipinski definition) is 4. The summed E-state index contributed by atoms with van der Waals surface area (Å²) in [5.74, 6) is -1.71. The van der Waals surface area contributed by atoms with E-state index < -0.39 is 23.7 Å². The van der Waals surface area contributed by atoms with Gasteiger partial charge in [0.1, 0.15) is 18.5 Å². The van der Waals surface area contributed by atoms with Gasteiger partial charge in [-0.1, -0.05) is 35.8 Å². The summed E-state index contributed by atoms with van der Waals surface area (Å²) in [5, 5.41) is 2.57. The molecular weight excluding hydrogens is 381 g/mol. The molecule has 0 aliphatic rings. The highest BCUT2D eigenvalue weighted by molar-refractivity contribution is 9.10. The molecule has 1 amide bonds. The first-order valence-corrected chi connectivity index (χ1v) is 8.12. The van der Waals surface area contributed by atoms with Gasteiger partial charge in [0.05, 0.1) is 6.26 Å². The Hall–Kier alpha value is -2.15. The van der Waals surface area contributed by atoms with E-state index in [0.717, 1.165) is 0 Å². The Balaban J connectivity index is 2.00. The maximum absolute atomic E-state index is 13.8. The summed E-state index contributed by atoms with van der Waals surface area (Å²) < 4.78 is 24.5. The second-order valence-corrected chi connectivity index (χ2v) is 6.43. The van der Waals surface area contributed by atoms with E-state index in [-0.39, 0.29) is 23.8 Å². The molecule has 0 spiro atoms. The highest BCUT2D eigenvalue weighted by Crippen LogP contribution is 2.16. The minimum atomic E-state index is -0.860. The molecule has 2 aromatic rings. The monoisotopic (exact) mass is 397 g/mol. The normalized spacial score (nSPS) is 12.0. The van der Waals surface area contributed by atoms with E-state index in [2.05, 4.69) is 21.2 Å². The van der Waals surface area contributed by atoms with Gasteiger partial charge in [-0.25, -0.2) is 9.18 Å².